The molecule has 1 aliphatic rings. The van der Waals surface area contributed by atoms with E-state index in [0.29, 0.717) is 12.0 Å². The molecule has 1 N–H and O–H groups in total. The van der Waals surface area contributed by atoms with E-state index >= 15 is 0 Å². The maximum atomic E-state index is 6.30. The van der Waals surface area contributed by atoms with Crippen molar-refractivity contribution in [1.29, 1.82) is 0 Å². The molecule has 3 heteroatoms. The lowest BCUT2D eigenvalue weighted by atomic mass is 9.80. The Morgan fingerprint density at radius 1 is 1.16 bits per heavy atom. The molecule has 2 rings (SSSR count). The van der Waals surface area contributed by atoms with Gasteiger partial charge in [0.25, 0.3) is 0 Å². The molecule has 0 saturated heterocycles. The Balaban J connectivity index is 2.06. The van der Waals surface area contributed by atoms with Gasteiger partial charge in [-0.3, -0.25) is 0 Å². The van der Waals surface area contributed by atoms with Gasteiger partial charge < -0.3 is 5.32 Å². The Morgan fingerprint density at radius 2 is 1.84 bits per heavy atom. The predicted molar refractivity (Wildman–Crippen MR) is 84.2 cm³/mol. The van der Waals surface area contributed by atoms with Gasteiger partial charge in [0, 0.05) is 16.1 Å². The second kappa shape index (κ2) is 7.52. The van der Waals surface area contributed by atoms with Gasteiger partial charge in [0.2, 0.25) is 0 Å². The van der Waals surface area contributed by atoms with Crippen LogP contribution in [-0.2, 0) is 6.42 Å². The van der Waals surface area contributed by atoms with Gasteiger partial charge in [0.15, 0.2) is 0 Å². The van der Waals surface area contributed by atoms with E-state index in [1.807, 2.05) is 18.2 Å². The Morgan fingerprint density at radius 3 is 2.53 bits per heavy atom. The van der Waals surface area contributed by atoms with Gasteiger partial charge in [-0.1, -0.05) is 49.0 Å². The smallest absolute Gasteiger partial charge is 0.0452 e. The second-order valence-corrected chi connectivity index (χ2v) is 6.32. The van der Waals surface area contributed by atoms with E-state index in [1.54, 1.807) is 0 Å². The molecule has 0 amide bonds. The molecule has 1 fully saturated rings. The normalized spacial score (nSPS) is 23.5. The van der Waals surface area contributed by atoms with Crippen LogP contribution in [0.1, 0.15) is 44.6 Å². The van der Waals surface area contributed by atoms with Gasteiger partial charge in [0.05, 0.1) is 0 Å². The third-order valence-electron chi connectivity index (χ3n) is 4.09. The van der Waals surface area contributed by atoms with Crippen molar-refractivity contribution in [3.05, 3.63) is 33.8 Å². The molecule has 0 bridgehead atoms. The second-order valence-electron chi connectivity index (χ2n) is 5.51. The van der Waals surface area contributed by atoms with Gasteiger partial charge in [-0.15, -0.1) is 0 Å². The molecule has 0 heterocycles. The summed E-state index contributed by atoms with van der Waals surface area (Å²) in [5, 5.41) is 5.32. The number of benzene rings is 1. The molecule has 0 spiro atoms. The molecule has 2 atom stereocenters. The fraction of sp³-hybridized carbons (Fsp3) is 0.625. The standard InChI is InChI=1S/C16H23Cl2N/c1-2-10-19-16-9-4-3-6-12(16)11-13-14(17)7-5-8-15(13)18/h5,7-8,12,16,19H,2-4,6,9-11H2,1H3. The summed E-state index contributed by atoms with van der Waals surface area (Å²) in [6.07, 6.45) is 7.43. The average molecular weight is 300 g/mol. The van der Waals surface area contributed by atoms with Crippen LogP contribution in [0.25, 0.3) is 0 Å². The van der Waals surface area contributed by atoms with Crippen molar-refractivity contribution in [3.63, 3.8) is 0 Å². The molecule has 2 unspecified atom stereocenters. The van der Waals surface area contributed by atoms with Crippen LogP contribution in [-0.4, -0.2) is 12.6 Å². The van der Waals surface area contributed by atoms with Crippen molar-refractivity contribution in [2.45, 2.75) is 51.5 Å². The van der Waals surface area contributed by atoms with Crippen molar-refractivity contribution in [2.75, 3.05) is 6.54 Å². The summed E-state index contributed by atoms with van der Waals surface area (Å²) in [6, 6.07) is 6.43. The van der Waals surface area contributed by atoms with E-state index in [2.05, 4.69) is 12.2 Å². The lowest BCUT2D eigenvalue weighted by Gasteiger charge is -2.33. The Hall–Kier alpha value is -0.240. The summed E-state index contributed by atoms with van der Waals surface area (Å²) in [6.45, 7) is 3.33. The van der Waals surface area contributed by atoms with Crippen molar-refractivity contribution in [1.82, 2.24) is 5.32 Å². The van der Waals surface area contributed by atoms with Gasteiger partial charge >= 0.3 is 0 Å². The van der Waals surface area contributed by atoms with Crippen LogP contribution in [0.3, 0.4) is 0 Å². The number of halogens is 2. The van der Waals surface area contributed by atoms with Gasteiger partial charge in [-0.2, -0.15) is 0 Å². The van der Waals surface area contributed by atoms with Crippen LogP contribution in [0.2, 0.25) is 10.0 Å². The number of rotatable bonds is 5. The molecule has 1 aromatic carbocycles. The first-order valence-electron chi connectivity index (χ1n) is 7.38. The minimum Gasteiger partial charge on any atom is -0.314 e. The zero-order chi connectivity index (χ0) is 13.7. The summed E-state index contributed by atoms with van der Waals surface area (Å²) in [7, 11) is 0. The summed E-state index contributed by atoms with van der Waals surface area (Å²) in [4.78, 5) is 0. The molecule has 1 aliphatic carbocycles. The van der Waals surface area contributed by atoms with Crippen LogP contribution in [0, 0.1) is 5.92 Å². The van der Waals surface area contributed by atoms with Crippen LogP contribution >= 0.6 is 23.2 Å². The Labute approximate surface area is 126 Å². The van der Waals surface area contributed by atoms with E-state index in [4.69, 9.17) is 23.2 Å². The molecule has 106 valence electrons. The molecule has 1 saturated carbocycles. The molecule has 0 radical (unpaired) electrons. The van der Waals surface area contributed by atoms with Gasteiger partial charge in [-0.05, 0) is 55.8 Å². The van der Waals surface area contributed by atoms with E-state index in [-0.39, 0.29) is 0 Å². The van der Waals surface area contributed by atoms with Crippen LogP contribution in [0.4, 0.5) is 0 Å². The maximum absolute atomic E-state index is 6.30. The monoisotopic (exact) mass is 299 g/mol. The number of hydrogen-bond donors (Lipinski definition) is 1. The fourth-order valence-electron chi connectivity index (χ4n) is 3.04. The molecule has 1 aromatic rings. The van der Waals surface area contributed by atoms with E-state index in [0.717, 1.165) is 28.6 Å². The van der Waals surface area contributed by atoms with Crippen molar-refractivity contribution < 1.29 is 0 Å². The lowest BCUT2D eigenvalue weighted by Crippen LogP contribution is -2.39. The highest BCUT2D eigenvalue weighted by Gasteiger charge is 2.25. The van der Waals surface area contributed by atoms with Gasteiger partial charge in [-0.25, -0.2) is 0 Å². The molecule has 19 heavy (non-hydrogen) atoms. The van der Waals surface area contributed by atoms with E-state index in [9.17, 15) is 0 Å². The Kier molecular flexibility index (Phi) is 6.00. The van der Waals surface area contributed by atoms with Crippen molar-refractivity contribution in [3.8, 4) is 0 Å². The largest absolute Gasteiger partial charge is 0.314 e. The average Bonchev–Trinajstić information content (AvgIpc) is 2.42. The summed E-state index contributed by atoms with van der Waals surface area (Å²) in [5.74, 6) is 0.665. The third kappa shape index (κ3) is 4.11. The van der Waals surface area contributed by atoms with Crippen molar-refractivity contribution >= 4 is 23.2 Å². The Bertz CT molecular complexity index is 385. The highest BCUT2D eigenvalue weighted by atomic mass is 35.5. The van der Waals surface area contributed by atoms with Crippen molar-refractivity contribution in [2.24, 2.45) is 5.92 Å². The fourth-order valence-corrected chi connectivity index (χ4v) is 3.59. The quantitative estimate of drug-likeness (QED) is 0.798. The summed E-state index contributed by atoms with van der Waals surface area (Å²) >= 11 is 12.6. The summed E-state index contributed by atoms with van der Waals surface area (Å²) < 4.78 is 0. The molecule has 0 aromatic heterocycles. The molecular formula is C16H23Cl2N. The highest BCUT2D eigenvalue weighted by Crippen LogP contribution is 2.33. The predicted octanol–water partition coefficient (Wildman–Crippen LogP) is 5.09. The number of nitrogens with one attached hydrogen (secondary N) is 1. The molecule has 1 nitrogen and oxygen atoms in total. The molecular weight excluding hydrogens is 277 g/mol. The SMILES string of the molecule is CCCNC1CCCCC1Cc1c(Cl)cccc1Cl. The highest BCUT2D eigenvalue weighted by molar-refractivity contribution is 6.35. The lowest BCUT2D eigenvalue weighted by molar-refractivity contribution is 0.261. The topological polar surface area (TPSA) is 12.0 Å². The van der Waals surface area contributed by atoms with E-state index in [1.165, 1.54) is 32.1 Å². The van der Waals surface area contributed by atoms with E-state index < -0.39 is 0 Å². The third-order valence-corrected chi connectivity index (χ3v) is 4.80. The van der Waals surface area contributed by atoms with Crippen LogP contribution < -0.4 is 5.32 Å². The maximum Gasteiger partial charge on any atom is 0.0452 e. The first-order chi connectivity index (χ1) is 9.22. The number of hydrogen-bond acceptors (Lipinski definition) is 1. The van der Waals surface area contributed by atoms with Crippen LogP contribution in [0.15, 0.2) is 18.2 Å². The van der Waals surface area contributed by atoms with Gasteiger partial charge in [0.1, 0.15) is 0 Å². The first kappa shape index (κ1) is 15.2. The minimum absolute atomic E-state index is 0.626. The minimum atomic E-state index is 0.626. The van der Waals surface area contributed by atoms with Crippen LogP contribution in [0.5, 0.6) is 0 Å². The zero-order valence-corrected chi connectivity index (χ0v) is 13.1. The molecule has 0 aliphatic heterocycles. The first-order valence-corrected chi connectivity index (χ1v) is 8.14. The summed E-state index contributed by atoms with van der Waals surface area (Å²) in [5.41, 5.74) is 1.13. The zero-order valence-electron chi connectivity index (χ0n) is 11.6.